The minimum absolute atomic E-state index is 0.00125. The maximum atomic E-state index is 15.0. The van der Waals surface area contributed by atoms with Gasteiger partial charge in [-0.25, -0.2) is 10.4 Å². The zero-order valence-electron chi connectivity index (χ0n) is 35.9. The third kappa shape index (κ3) is 7.05. The van der Waals surface area contributed by atoms with Crippen molar-refractivity contribution in [2.75, 3.05) is 39.8 Å². The highest BCUT2D eigenvalue weighted by atomic mass is 32.1. The van der Waals surface area contributed by atoms with Crippen LogP contribution < -0.4 is 10.7 Å². The fourth-order valence-corrected chi connectivity index (χ4v) is 12.1. The summed E-state index contributed by atoms with van der Waals surface area (Å²) in [7, 11) is 2.16. The molecule has 1 unspecified atom stereocenters. The number of hydrogen-bond donors (Lipinski definition) is 2. The van der Waals surface area contributed by atoms with Gasteiger partial charge >= 0.3 is 5.97 Å². The van der Waals surface area contributed by atoms with Crippen LogP contribution in [-0.2, 0) is 25.5 Å². The number of nitrogens with one attached hydrogen (secondary N) is 2. The normalized spacial score (nSPS) is 31.2. The highest BCUT2D eigenvalue weighted by molar-refractivity contribution is 7.10. The Labute approximate surface area is 361 Å². The first kappa shape index (κ1) is 40.4. The van der Waals surface area contributed by atoms with Gasteiger partial charge in [0, 0.05) is 94.8 Å². The number of pyridine rings is 1. The zero-order chi connectivity index (χ0) is 42.4. The molecule has 0 radical (unpaired) electrons. The number of aromatic nitrogens is 3. The predicted molar refractivity (Wildman–Crippen MR) is 233 cm³/mol. The summed E-state index contributed by atoms with van der Waals surface area (Å²) < 4.78 is 8.64. The highest BCUT2D eigenvalue weighted by Crippen LogP contribution is 2.49. The minimum Gasteiger partial charge on any atom is -0.464 e. The summed E-state index contributed by atoms with van der Waals surface area (Å²) in [5, 5.41) is 18.8. The van der Waals surface area contributed by atoms with Crippen LogP contribution in [0.4, 0.5) is 0 Å². The number of hydrogen-bond acceptors (Lipinski definition) is 11. The quantitative estimate of drug-likeness (QED) is 0.225. The van der Waals surface area contributed by atoms with Crippen LogP contribution in [0.1, 0.15) is 88.9 Å². The topological polar surface area (TPSA) is 149 Å². The molecule has 320 valence electrons. The lowest BCUT2D eigenvalue weighted by Gasteiger charge is -2.63. The highest BCUT2D eigenvalue weighted by Gasteiger charge is 2.57. The van der Waals surface area contributed by atoms with Gasteiger partial charge in [-0.1, -0.05) is 33.8 Å². The summed E-state index contributed by atoms with van der Waals surface area (Å²) in [4.78, 5) is 57.8. The minimum atomic E-state index is -0.928. The van der Waals surface area contributed by atoms with Gasteiger partial charge in [0.05, 0.1) is 30.1 Å². The molecule has 4 aliphatic heterocycles. The molecule has 8 atom stereocenters. The number of esters is 1. The van der Waals surface area contributed by atoms with Crippen molar-refractivity contribution >= 4 is 40.0 Å². The summed E-state index contributed by atoms with van der Waals surface area (Å²) in [6.07, 6.45) is 9.11. The maximum absolute atomic E-state index is 15.0. The van der Waals surface area contributed by atoms with Crippen molar-refractivity contribution in [2.24, 2.45) is 29.1 Å². The molecule has 1 aromatic carbocycles. The molecule has 2 N–H and O–H groups in total. The van der Waals surface area contributed by atoms with Crippen molar-refractivity contribution in [3.63, 3.8) is 0 Å². The van der Waals surface area contributed by atoms with Crippen molar-refractivity contribution in [3.05, 3.63) is 58.7 Å². The Morgan fingerprint density at radius 2 is 1.90 bits per heavy atom. The number of nitriles is 1. The number of amides is 2. The Hall–Kier alpha value is -4.68. The molecule has 2 aliphatic carbocycles. The second-order valence-corrected chi connectivity index (χ2v) is 20.7. The standard InChI is InChI=1S/C47H57N9O4S/c1-27-28(2)38(27)42(57)51-39-41(54-24-47(25-54)14-17-53(47)5)43-50-36(23-61-43)30-11-13-37-33(19-30)34(20-46(3,4)26-60-45(59)35-9-7-16-55(52-35)44(39)58)40(31-8-6-15-49-22-31)56(37)32-12-10-29(18-32)21-48/h6,8,11,13,15,19,22-23,27-29,32,35,38-39,41,52H,7,9-10,12,14,16-18,20,24-26H2,1-5H3,(H,51,57)/t27-,28+,29-,32-,35+,38?,39+,41+/m1/s1. The molecule has 3 saturated heterocycles. The molecule has 14 heteroatoms. The first-order valence-corrected chi connectivity index (χ1v) is 23.2. The number of nitrogens with zero attached hydrogens (tertiary/aromatic N) is 7. The number of fused-ring (bicyclic) bond motifs is 6. The van der Waals surface area contributed by atoms with Crippen molar-refractivity contribution in [2.45, 2.75) is 102 Å². The Bertz CT molecular complexity index is 2410. The monoisotopic (exact) mass is 843 g/mol. The van der Waals surface area contributed by atoms with Gasteiger partial charge in [-0.3, -0.25) is 34.2 Å². The van der Waals surface area contributed by atoms with Crippen molar-refractivity contribution in [1.29, 1.82) is 5.26 Å². The lowest BCUT2D eigenvalue weighted by atomic mass is 9.76. The molecule has 13 nitrogen and oxygen atoms in total. The van der Waals surface area contributed by atoms with E-state index in [2.05, 4.69) is 101 Å². The van der Waals surface area contributed by atoms with E-state index in [0.717, 1.165) is 89.3 Å². The maximum Gasteiger partial charge on any atom is 0.324 e. The fraction of sp³-hybridized carbons (Fsp3) is 0.574. The molecule has 7 heterocycles. The van der Waals surface area contributed by atoms with Crippen LogP contribution in [0.15, 0.2) is 48.1 Å². The number of likely N-dealkylation sites (tertiary alicyclic amines) is 2. The van der Waals surface area contributed by atoms with Crippen molar-refractivity contribution in [1.82, 2.24) is 40.1 Å². The zero-order valence-corrected chi connectivity index (χ0v) is 36.7. The Morgan fingerprint density at radius 3 is 2.59 bits per heavy atom. The average Bonchev–Trinajstić information content (AvgIpc) is 3.71. The Kier molecular flexibility index (Phi) is 10.1. The third-order valence-electron chi connectivity index (χ3n) is 15.2. The first-order valence-electron chi connectivity index (χ1n) is 22.3. The molecule has 10 rings (SSSR count). The number of hydrazine groups is 1. The molecule has 2 saturated carbocycles. The van der Waals surface area contributed by atoms with E-state index in [4.69, 9.17) is 9.72 Å². The lowest BCUT2D eigenvalue weighted by Crippen LogP contribution is -2.77. The van der Waals surface area contributed by atoms with Gasteiger partial charge in [-0.2, -0.15) is 5.26 Å². The van der Waals surface area contributed by atoms with E-state index in [-0.39, 0.29) is 53.7 Å². The third-order valence-corrected chi connectivity index (χ3v) is 16.1. The predicted octanol–water partition coefficient (Wildman–Crippen LogP) is 6.13. The molecule has 61 heavy (non-hydrogen) atoms. The fourth-order valence-electron chi connectivity index (χ4n) is 11.1. The average molecular weight is 844 g/mol. The molecule has 4 aromatic rings. The van der Waals surface area contributed by atoms with Crippen LogP contribution in [0.5, 0.6) is 0 Å². The van der Waals surface area contributed by atoms with E-state index < -0.39 is 29.5 Å². The van der Waals surface area contributed by atoms with Gasteiger partial charge in [-0.05, 0) is 93.7 Å². The summed E-state index contributed by atoms with van der Waals surface area (Å²) in [6.45, 7) is 11.6. The van der Waals surface area contributed by atoms with E-state index in [9.17, 15) is 14.9 Å². The molecule has 3 aromatic heterocycles. The van der Waals surface area contributed by atoms with Gasteiger partial charge in [0.25, 0.3) is 5.91 Å². The second kappa shape index (κ2) is 15.3. The number of ether oxygens (including phenoxy) is 1. The first-order chi connectivity index (χ1) is 29.3. The largest absolute Gasteiger partial charge is 0.464 e. The smallest absolute Gasteiger partial charge is 0.324 e. The van der Waals surface area contributed by atoms with E-state index in [0.29, 0.717) is 25.8 Å². The van der Waals surface area contributed by atoms with Gasteiger partial charge in [0.15, 0.2) is 0 Å². The van der Waals surface area contributed by atoms with Crippen LogP contribution in [0.3, 0.4) is 0 Å². The van der Waals surface area contributed by atoms with E-state index >= 15 is 4.79 Å². The lowest BCUT2D eigenvalue weighted by molar-refractivity contribution is -0.159. The van der Waals surface area contributed by atoms with Crippen LogP contribution in [0, 0.1) is 40.4 Å². The molecule has 6 bridgehead atoms. The van der Waals surface area contributed by atoms with E-state index in [1.807, 2.05) is 12.3 Å². The molecule has 6 aliphatic rings. The summed E-state index contributed by atoms with van der Waals surface area (Å²) in [6, 6.07) is 11.2. The van der Waals surface area contributed by atoms with Crippen molar-refractivity contribution < 1.29 is 19.1 Å². The Morgan fingerprint density at radius 1 is 1.08 bits per heavy atom. The van der Waals surface area contributed by atoms with Gasteiger partial charge in [0.2, 0.25) is 5.91 Å². The summed E-state index contributed by atoms with van der Waals surface area (Å²) >= 11 is 1.54. The molecular formula is C47H57N9O4S. The van der Waals surface area contributed by atoms with Gasteiger partial charge < -0.3 is 14.6 Å². The number of thiazole rings is 1. The molecule has 1 spiro atoms. The molecule has 2 amide bonds. The van der Waals surface area contributed by atoms with Crippen molar-refractivity contribution in [3.8, 4) is 28.6 Å². The number of likely N-dealkylation sites (N-methyl/N-ethyl adjacent to an activating group) is 1. The van der Waals surface area contributed by atoms with Crippen LogP contribution >= 0.6 is 11.3 Å². The summed E-state index contributed by atoms with van der Waals surface area (Å²) in [5.41, 5.74) is 8.97. The number of rotatable bonds is 5. The summed E-state index contributed by atoms with van der Waals surface area (Å²) in [5.74, 6) is -0.449. The Balaban J connectivity index is 1.13. The number of carbonyl (C=O) groups excluding carboxylic acids is 3. The van der Waals surface area contributed by atoms with Crippen LogP contribution in [0.2, 0.25) is 0 Å². The SMILES string of the molecule is C[C@@H]1C(C(=O)N[C@@H]2C(=O)N3CCC[C@H](N3)C(=O)OCC(C)(C)Cc3c(-c4cccnc4)n([C@@H]4CC[C@@H](C#N)C4)c4ccc(cc34)-c3csc(n3)[C@H]2N2CC3(CCN3C)C2)[C@@H]1C. The molecule has 5 fully saturated rings. The number of cyclic esters (lactones) is 1. The van der Waals surface area contributed by atoms with E-state index in [1.54, 1.807) is 11.2 Å². The van der Waals surface area contributed by atoms with Crippen LogP contribution in [0.25, 0.3) is 33.4 Å². The van der Waals surface area contributed by atoms with Gasteiger partial charge in [0.1, 0.15) is 17.1 Å². The van der Waals surface area contributed by atoms with E-state index in [1.165, 1.54) is 11.3 Å². The number of benzene rings is 1. The number of carbonyl (C=O) groups is 3. The second-order valence-electron chi connectivity index (χ2n) is 19.8. The molecular weight excluding hydrogens is 787 g/mol. The van der Waals surface area contributed by atoms with Gasteiger partial charge in [-0.15, -0.1) is 11.3 Å². The van der Waals surface area contributed by atoms with Crippen LogP contribution in [-0.4, -0.2) is 105 Å².